The molecule has 19 heavy (non-hydrogen) atoms. The Morgan fingerprint density at radius 2 is 2.16 bits per heavy atom. The smallest absolute Gasteiger partial charge is 0.271 e. The average molecular weight is 263 g/mol. The molecule has 1 fully saturated rings. The molecule has 1 aromatic rings. The van der Waals surface area contributed by atoms with Gasteiger partial charge in [-0.2, -0.15) is 5.10 Å². The molecule has 1 saturated heterocycles. The summed E-state index contributed by atoms with van der Waals surface area (Å²) < 4.78 is 13.0. The van der Waals surface area contributed by atoms with Crippen molar-refractivity contribution in [1.82, 2.24) is 10.3 Å². The summed E-state index contributed by atoms with van der Waals surface area (Å²) in [5, 5.41) is 4.13. The molecule has 0 saturated carbocycles. The number of amides is 1. The second-order valence-corrected chi connectivity index (χ2v) is 4.56. The third kappa shape index (κ3) is 3.86. The highest BCUT2D eigenvalue weighted by Gasteiger charge is 2.13. The third-order valence-corrected chi connectivity index (χ3v) is 3.28. The molecule has 1 heterocycles. The molecule has 1 aliphatic rings. The summed E-state index contributed by atoms with van der Waals surface area (Å²) in [5.41, 5.74) is 3.77. The van der Waals surface area contributed by atoms with Crippen molar-refractivity contribution in [2.75, 3.05) is 19.6 Å². The van der Waals surface area contributed by atoms with Gasteiger partial charge in [0.15, 0.2) is 0 Å². The van der Waals surface area contributed by atoms with E-state index in [1.807, 2.05) is 0 Å². The predicted molar refractivity (Wildman–Crippen MR) is 72.6 cm³/mol. The van der Waals surface area contributed by atoms with Crippen molar-refractivity contribution in [1.29, 1.82) is 0 Å². The van der Waals surface area contributed by atoms with Crippen LogP contribution in [0.3, 0.4) is 0 Å². The lowest BCUT2D eigenvalue weighted by molar-refractivity contribution is 0.0954. The SMILES string of the molecule is CCN1CCC(=NNC(=O)c2cccc(F)c2)CC1. The molecule has 1 aliphatic heterocycles. The van der Waals surface area contributed by atoms with Gasteiger partial charge in [0.05, 0.1) is 0 Å². The molecule has 1 amide bonds. The topological polar surface area (TPSA) is 44.7 Å². The molecular formula is C14H18FN3O. The van der Waals surface area contributed by atoms with Gasteiger partial charge in [-0.1, -0.05) is 13.0 Å². The first-order chi connectivity index (χ1) is 9.19. The minimum absolute atomic E-state index is 0.287. The zero-order valence-electron chi connectivity index (χ0n) is 11.0. The van der Waals surface area contributed by atoms with Gasteiger partial charge in [0.1, 0.15) is 5.82 Å². The highest BCUT2D eigenvalue weighted by Crippen LogP contribution is 2.07. The molecule has 5 heteroatoms. The standard InChI is InChI=1S/C14H18FN3O/c1-2-18-8-6-13(7-9-18)16-17-14(19)11-4-3-5-12(15)10-11/h3-5,10H,2,6-9H2,1H3,(H,17,19). The molecule has 0 aromatic heterocycles. The molecule has 0 spiro atoms. The number of carbonyl (C=O) groups is 1. The van der Waals surface area contributed by atoms with Gasteiger partial charge in [-0.15, -0.1) is 0 Å². The van der Waals surface area contributed by atoms with E-state index in [9.17, 15) is 9.18 Å². The number of hydrogen-bond acceptors (Lipinski definition) is 3. The largest absolute Gasteiger partial charge is 0.303 e. The van der Waals surface area contributed by atoms with Gasteiger partial charge < -0.3 is 4.90 Å². The van der Waals surface area contributed by atoms with Crippen LogP contribution in [-0.2, 0) is 0 Å². The van der Waals surface area contributed by atoms with Crippen molar-refractivity contribution >= 4 is 11.6 Å². The van der Waals surface area contributed by atoms with Crippen LogP contribution in [0.25, 0.3) is 0 Å². The summed E-state index contributed by atoms with van der Waals surface area (Å²) in [5.74, 6) is -0.790. The summed E-state index contributed by atoms with van der Waals surface area (Å²) >= 11 is 0. The molecule has 0 aliphatic carbocycles. The summed E-state index contributed by atoms with van der Waals surface area (Å²) in [7, 11) is 0. The molecule has 0 unspecified atom stereocenters. The molecule has 1 aromatic carbocycles. The first kappa shape index (κ1) is 13.7. The molecular weight excluding hydrogens is 245 g/mol. The maximum atomic E-state index is 13.0. The molecule has 4 nitrogen and oxygen atoms in total. The number of hydrogen-bond donors (Lipinski definition) is 1. The van der Waals surface area contributed by atoms with E-state index in [4.69, 9.17) is 0 Å². The van der Waals surface area contributed by atoms with E-state index in [-0.39, 0.29) is 11.5 Å². The van der Waals surface area contributed by atoms with Crippen molar-refractivity contribution in [3.63, 3.8) is 0 Å². The second kappa shape index (κ2) is 6.43. The quantitative estimate of drug-likeness (QED) is 0.848. The Kier molecular flexibility index (Phi) is 4.63. The van der Waals surface area contributed by atoms with Crippen LogP contribution in [0.5, 0.6) is 0 Å². The summed E-state index contributed by atoms with van der Waals surface area (Å²) in [6.07, 6.45) is 1.74. The van der Waals surface area contributed by atoms with Gasteiger partial charge >= 0.3 is 0 Å². The van der Waals surface area contributed by atoms with Gasteiger partial charge in [0.25, 0.3) is 5.91 Å². The monoisotopic (exact) mass is 263 g/mol. The number of piperidine rings is 1. The fourth-order valence-electron chi connectivity index (χ4n) is 2.06. The molecule has 0 atom stereocenters. The Morgan fingerprint density at radius 3 is 2.79 bits per heavy atom. The Hall–Kier alpha value is -1.75. The van der Waals surface area contributed by atoms with E-state index in [2.05, 4.69) is 22.4 Å². The van der Waals surface area contributed by atoms with Crippen LogP contribution in [0.15, 0.2) is 29.4 Å². The van der Waals surface area contributed by atoms with Crippen LogP contribution in [-0.4, -0.2) is 36.2 Å². The van der Waals surface area contributed by atoms with Crippen molar-refractivity contribution in [3.8, 4) is 0 Å². The van der Waals surface area contributed by atoms with Crippen LogP contribution in [0.1, 0.15) is 30.1 Å². The van der Waals surface area contributed by atoms with Gasteiger partial charge in [0, 0.05) is 37.2 Å². The minimum Gasteiger partial charge on any atom is -0.303 e. The third-order valence-electron chi connectivity index (χ3n) is 3.28. The molecule has 0 radical (unpaired) electrons. The van der Waals surface area contributed by atoms with Gasteiger partial charge in [0.2, 0.25) is 0 Å². The van der Waals surface area contributed by atoms with Crippen LogP contribution in [0.4, 0.5) is 4.39 Å². The highest BCUT2D eigenvalue weighted by molar-refractivity contribution is 5.95. The van der Waals surface area contributed by atoms with Crippen LogP contribution in [0, 0.1) is 5.82 Å². The molecule has 1 N–H and O–H groups in total. The van der Waals surface area contributed by atoms with E-state index in [1.165, 1.54) is 18.2 Å². The second-order valence-electron chi connectivity index (χ2n) is 4.56. The Labute approximate surface area is 112 Å². The van der Waals surface area contributed by atoms with Gasteiger partial charge in [-0.05, 0) is 24.7 Å². The zero-order valence-corrected chi connectivity index (χ0v) is 11.0. The van der Waals surface area contributed by atoms with E-state index in [0.29, 0.717) is 0 Å². The summed E-state index contributed by atoms with van der Waals surface area (Å²) in [6.45, 7) is 5.13. The van der Waals surface area contributed by atoms with Crippen molar-refractivity contribution < 1.29 is 9.18 Å². The molecule has 102 valence electrons. The number of benzene rings is 1. The number of halogens is 1. The van der Waals surface area contributed by atoms with E-state index in [0.717, 1.165) is 38.2 Å². The zero-order chi connectivity index (χ0) is 13.7. The molecule has 2 rings (SSSR count). The van der Waals surface area contributed by atoms with E-state index < -0.39 is 5.82 Å². The number of rotatable bonds is 3. The Morgan fingerprint density at radius 1 is 1.42 bits per heavy atom. The Bertz CT molecular complexity index is 477. The van der Waals surface area contributed by atoms with E-state index in [1.54, 1.807) is 6.07 Å². The first-order valence-electron chi connectivity index (χ1n) is 6.52. The van der Waals surface area contributed by atoms with Crippen molar-refractivity contribution in [2.45, 2.75) is 19.8 Å². The first-order valence-corrected chi connectivity index (χ1v) is 6.52. The van der Waals surface area contributed by atoms with Gasteiger partial charge in [-0.25, -0.2) is 9.82 Å². The fraction of sp³-hybridized carbons (Fsp3) is 0.429. The lowest BCUT2D eigenvalue weighted by atomic mass is 10.1. The summed E-state index contributed by atoms with van der Waals surface area (Å²) in [4.78, 5) is 14.1. The maximum Gasteiger partial charge on any atom is 0.271 e. The van der Waals surface area contributed by atoms with Crippen LogP contribution < -0.4 is 5.43 Å². The number of likely N-dealkylation sites (tertiary alicyclic amines) is 1. The van der Waals surface area contributed by atoms with Crippen LogP contribution in [0.2, 0.25) is 0 Å². The van der Waals surface area contributed by atoms with Crippen molar-refractivity contribution in [2.24, 2.45) is 5.10 Å². The average Bonchev–Trinajstić information content (AvgIpc) is 2.45. The summed E-state index contributed by atoms with van der Waals surface area (Å²) in [6, 6.07) is 5.59. The number of nitrogens with one attached hydrogen (secondary N) is 1. The minimum atomic E-state index is -0.420. The Balaban J connectivity index is 1.90. The number of nitrogens with zero attached hydrogens (tertiary/aromatic N) is 2. The van der Waals surface area contributed by atoms with Gasteiger partial charge in [-0.3, -0.25) is 4.79 Å². The maximum absolute atomic E-state index is 13.0. The molecule has 0 bridgehead atoms. The highest BCUT2D eigenvalue weighted by atomic mass is 19.1. The van der Waals surface area contributed by atoms with E-state index >= 15 is 0 Å². The number of hydrazone groups is 1. The van der Waals surface area contributed by atoms with Crippen molar-refractivity contribution in [3.05, 3.63) is 35.6 Å². The predicted octanol–water partition coefficient (Wildman–Crippen LogP) is 2.03. The van der Waals surface area contributed by atoms with Crippen LogP contribution >= 0.6 is 0 Å². The normalized spacial score (nSPS) is 16.2. The lowest BCUT2D eigenvalue weighted by Gasteiger charge is -2.25. The number of carbonyl (C=O) groups excluding carboxylic acids is 1. The fourth-order valence-corrected chi connectivity index (χ4v) is 2.06. The lowest BCUT2D eigenvalue weighted by Crippen LogP contribution is -2.34.